The fraction of sp³-hybridized carbons (Fsp3) is 0.500. The van der Waals surface area contributed by atoms with E-state index in [1.165, 1.54) is 0 Å². The molecule has 4 N–H and O–H groups in total. The quantitative estimate of drug-likeness (QED) is 0.327. The summed E-state index contributed by atoms with van der Waals surface area (Å²) in [4.78, 5) is 26.1. The molecule has 5 heteroatoms. The highest BCUT2D eigenvalue weighted by molar-refractivity contribution is 5.96. The van der Waals surface area contributed by atoms with Gasteiger partial charge in [-0.1, -0.05) is 12.5 Å². The lowest BCUT2D eigenvalue weighted by molar-refractivity contribution is -0.122. The number of carbonyl (C=O) groups excluding carboxylic acids is 2. The molecule has 1 aromatic carbocycles. The van der Waals surface area contributed by atoms with Gasteiger partial charge in [0.2, 0.25) is 5.91 Å². The molecule has 0 aliphatic heterocycles. The molecule has 0 saturated heterocycles. The molecule has 0 radical (unpaired) electrons. The molecule has 5 nitrogen and oxygen atoms in total. The Bertz CT molecular complexity index is 555. The number of likely N-dealkylation sites (N-methyl/N-ethyl adjacent to an activating group) is 1. The predicted octanol–water partition coefficient (Wildman–Crippen LogP) is 2.89. The number of nitrogens with zero attached hydrogens (tertiary/aromatic N) is 1. The highest BCUT2D eigenvalue weighted by atomic mass is 16.1. The third-order valence-corrected chi connectivity index (χ3v) is 4.41. The van der Waals surface area contributed by atoms with E-state index in [1.807, 2.05) is 30.3 Å². The van der Waals surface area contributed by atoms with Gasteiger partial charge in [-0.05, 0) is 57.0 Å². The average molecular weight is 345 g/mol. The second kappa shape index (κ2) is 11.4. The number of hydrogen-bond donors (Lipinski definition) is 2. The molecule has 0 bridgehead atoms. The largest absolute Gasteiger partial charge is 0.369 e. The molecule has 0 aliphatic carbocycles. The van der Waals surface area contributed by atoms with E-state index in [2.05, 4.69) is 18.4 Å². The maximum absolute atomic E-state index is 12.4. The van der Waals surface area contributed by atoms with Gasteiger partial charge in [-0.25, -0.2) is 0 Å². The van der Waals surface area contributed by atoms with E-state index in [4.69, 9.17) is 11.5 Å². The molecule has 1 amide bonds. The van der Waals surface area contributed by atoms with Crippen LogP contribution >= 0.6 is 0 Å². The topological polar surface area (TPSA) is 89.4 Å². The summed E-state index contributed by atoms with van der Waals surface area (Å²) < 4.78 is 0. The predicted molar refractivity (Wildman–Crippen MR) is 104 cm³/mol. The maximum atomic E-state index is 12.4. The van der Waals surface area contributed by atoms with E-state index in [1.54, 1.807) is 0 Å². The van der Waals surface area contributed by atoms with Crippen molar-refractivity contribution in [2.45, 2.75) is 39.0 Å². The number of anilines is 1. The smallest absolute Gasteiger partial charge is 0.220 e. The van der Waals surface area contributed by atoms with Gasteiger partial charge in [0.1, 0.15) is 0 Å². The second-order valence-corrected chi connectivity index (χ2v) is 6.22. The molecule has 1 atom stereocenters. The fourth-order valence-corrected chi connectivity index (χ4v) is 2.84. The highest BCUT2D eigenvalue weighted by Gasteiger charge is 2.17. The van der Waals surface area contributed by atoms with Crippen LogP contribution in [-0.4, -0.2) is 31.3 Å². The molecular weight excluding hydrogens is 314 g/mol. The van der Waals surface area contributed by atoms with Gasteiger partial charge in [0.25, 0.3) is 0 Å². The van der Waals surface area contributed by atoms with Gasteiger partial charge in [-0.3, -0.25) is 9.59 Å². The van der Waals surface area contributed by atoms with Crippen LogP contribution in [0.25, 0.3) is 0 Å². The monoisotopic (exact) mass is 345 g/mol. The molecule has 0 unspecified atom stereocenters. The van der Waals surface area contributed by atoms with Crippen LogP contribution < -0.4 is 16.4 Å². The number of unbranched alkanes of at least 4 members (excludes halogenated alkanes) is 1. The van der Waals surface area contributed by atoms with Crippen LogP contribution in [0.3, 0.4) is 0 Å². The summed E-state index contributed by atoms with van der Waals surface area (Å²) in [5.41, 5.74) is 12.7. The third-order valence-electron chi connectivity index (χ3n) is 4.41. The number of nitrogens with two attached hydrogens (primary N) is 2. The zero-order chi connectivity index (χ0) is 18.7. The Morgan fingerprint density at radius 3 is 2.40 bits per heavy atom. The Labute approximate surface area is 151 Å². The zero-order valence-electron chi connectivity index (χ0n) is 15.2. The third kappa shape index (κ3) is 7.10. The standard InChI is InChI=1S/C20H31N3O2/c1-3-15-23(4-2)18-11-8-16(9-12-18)19(24)13-10-17(20(22)25)7-5-6-14-21/h3,8-9,11-12,17H,1,4-7,10,13-15,21H2,2H3,(H2,22,25)/t17-/m0/s1. The van der Waals surface area contributed by atoms with Crippen LogP contribution in [0, 0.1) is 5.92 Å². The van der Waals surface area contributed by atoms with Gasteiger partial charge in [-0.15, -0.1) is 6.58 Å². The minimum Gasteiger partial charge on any atom is -0.369 e. The molecular formula is C20H31N3O2. The number of hydrogen-bond acceptors (Lipinski definition) is 4. The van der Waals surface area contributed by atoms with Gasteiger partial charge in [0.15, 0.2) is 5.78 Å². The van der Waals surface area contributed by atoms with Gasteiger partial charge < -0.3 is 16.4 Å². The SMILES string of the molecule is C=CCN(CC)c1ccc(C(=O)CC[C@H](CCCCN)C(N)=O)cc1. The van der Waals surface area contributed by atoms with Crippen molar-refractivity contribution in [1.29, 1.82) is 0 Å². The number of amides is 1. The first-order valence-corrected chi connectivity index (χ1v) is 9.01. The van der Waals surface area contributed by atoms with Crippen LogP contribution in [0.2, 0.25) is 0 Å². The zero-order valence-corrected chi connectivity index (χ0v) is 15.2. The van der Waals surface area contributed by atoms with Crippen LogP contribution in [0.1, 0.15) is 49.4 Å². The summed E-state index contributed by atoms with van der Waals surface area (Å²) in [6, 6.07) is 7.59. The van der Waals surface area contributed by atoms with E-state index < -0.39 is 0 Å². The van der Waals surface area contributed by atoms with Crippen LogP contribution in [-0.2, 0) is 4.79 Å². The summed E-state index contributed by atoms with van der Waals surface area (Å²) in [5, 5.41) is 0. The Kier molecular flexibility index (Phi) is 9.55. The Hall–Kier alpha value is -2.14. The molecule has 0 saturated carbocycles. The van der Waals surface area contributed by atoms with Gasteiger partial charge in [0.05, 0.1) is 0 Å². The first-order chi connectivity index (χ1) is 12.0. The van der Waals surface area contributed by atoms with Crippen molar-refractivity contribution < 1.29 is 9.59 Å². The van der Waals surface area contributed by atoms with Crippen molar-refractivity contribution in [3.63, 3.8) is 0 Å². The molecule has 0 aliphatic rings. The number of carbonyl (C=O) groups is 2. The molecule has 1 rings (SSSR count). The lowest BCUT2D eigenvalue weighted by atomic mass is 9.93. The Balaban J connectivity index is 2.61. The average Bonchev–Trinajstić information content (AvgIpc) is 2.62. The van der Waals surface area contributed by atoms with Gasteiger partial charge in [-0.2, -0.15) is 0 Å². The van der Waals surface area contributed by atoms with E-state index in [0.29, 0.717) is 31.4 Å². The van der Waals surface area contributed by atoms with E-state index in [-0.39, 0.29) is 17.6 Å². The van der Waals surface area contributed by atoms with Crippen LogP contribution in [0.4, 0.5) is 5.69 Å². The number of primary amides is 1. The van der Waals surface area contributed by atoms with Crippen molar-refractivity contribution in [2.75, 3.05) is 24.5 Å². The minimum absolute atomic E-state index is 0.0448. The van der Waals surface area contributed by atoms with Crippen molar-refractivity contribution in [3.8, 4) is 0 Å². The molecule has 0 aromatic heterocycles. The molecule has 0 fully saturated rings. The molecule has 0 spiro atoms. The van der Waals surface area contributed by atoms with Crippen LogP contribution in [0.15, 0.2) is 36.9 Å². The first-order valence-electron chi connectivity index (χ1n) is 9.01. The van der Waals surface area contributed by atoms with Crippen molar-refractivity contribution >= 4 is 17.4 Å². The number of benzene rings is 1. The normalized spacial score (nSPS) is 11.8. The molecule has 138 valence electrons. The van der Waals surface area contributed by atoms with Crippen molar-refractivity contribution in [3.05, 3.63) is 42.5 Å². The number of ketones is 1. The summed E-state index contributed by atoms with van der Waals surface area (Å²) in [5.74, 6) is -0.537. The summed E-state index contributed by atoms with van der Waals surface area (Å²) >= 11 is 0. The number of rotatable bonds is 13. The maximum Gasteiger partial charge on any atom is 0.220 e. The summed E-state index contributed by atoms with van der Waals surface area (Å²) in [7, 11) is 0. The minimum atomic E-state index is -0.330. The fourth-order valence-electron chi connectivity index (χ4n) is 2.84. The molecule has 1 aromatic rings. The second-order valence-electron chi connectivity index (χ2n) is 6.22. The molecule has 25 heavy (non-hydrogen) atoms. The highest BCUT2D eigenvalue weighted by Crippen LogP contribution is 2.19. The van der Waals surface area contributed by atoms with Crippen molar-refractivity contribution in [1.82, 2.24) is 0 Å². The summed E-state index contributed by atoms with van der Waals surface area (Å²) in [6.45, 7) is 8.10. The number of Topliss-reactive ketones (excluding diaryl/α,β-unsaturated/α-hetero) is 1. The van der Waals surface area contributed by atoms with Crippen LogP contribution in [0.5, 0.6) is 0 Å². The first kappa shape index (κ1) is 20.9. The van der Waals surface area contributed by atoms with Gasteiger partial charge in [0, 0.05) is 36.7 Å². The Morgan fingerprint density at radius 2 is 1.88 bits per heavy atom. The van der Waals surface area contributed by atoms with E-state index >= 15 is 0 Å². The Morgan fingerprint density at radius 1 is 1.20 bits per heavy atom. The van der Waals surface area contributed by atoms with Gasteiger partial charge >= 0.3 is 0 Å². The van der Waals surface area contributed by atoms with E-state index in [9.17, 15) is 9.59 Å². The van der Waals surface area contributed by atoms with E-state index in [0.717, 1.165) is 31.6 Å². The van der Waals surface area contributed by atoms with Crippen molar-refractivity contribution in [2.24, 2.45) is 17.4 Å². The lowest BCUT2D eigenvalue weighted by Gasteiger charge is -2.21. The lowest BCUT2D eigenvalue weighted by Crippen LogP contribution is -2.24. The molecule has 0 heterocycles. The summed E-state index contributed by atoms with van der Waals surface area (Å²) in [6.07, 6.45) is 5.13.